The molecule has 2 aromatic carbocycles. The number of carbonyl (C=O) groups is 1. The van der Waals surface area contributed by atoms with E-state index in [2.05, 4.69) is 0 Å². The van der Waals surface area contributed by atoms with Crippen molar-refractivity contribution in [2.75, 3.05) is 5.73 Å². The van der Waals surface area contributed by atoms with E-state index >= 15 is 0 Å². The maximum atomic E-state index is 12.2. The fourth-order valence-electron chi connectivity index (χ4n) is 2.20. The fourth-order valence-corrected chi connectivity index (χ4v) is 3.15. The molecule has 0 aliphatic rings. The Morgan fingerprint density at radius 1 is 1.26 bits per heavy atom. The second kappa shape index (κ2) is 6.05. The number of benzene rings is 2. The number of fused-ring (bicyclic) bond motifs is 1. The third kappa shape index (κ3) is 3.00. The van der Waals surface area contributed by atoms with E-state index in [0.29, 0.717) is 0 Å². The minimum absolute atomic E-state index is 0.00117. The molecule has 0 spiro atoms. The van der Waals surface area contributed by atoms with Crippen LogP contribution in [0, 0.1) is 10.1 Å². The molecule has 0 amide bonds. The van der Waals surface area contributed by atoms with Gasteiger partial charge >= 0.3 is 5.97 Å². The molecule has 2 N–H and O–H groups in total. The van der Waals surface area contributed by atoms with Crippen LogP contribution < -0.4 is 5.73 Å². The number of non-ortho nitro benzene ring substituents is 1. The Kier molecular flexibility index (Phi) is 3.94. The number of nitro benzene ring substituents is 1. The Bertz CT molecular complexity index is 904. The predicted molar refractivity (Wildman–Crippen MR) is 88.5 cm³/mol. The van der Waals surface area contributed by atoms with Crippen LogP contribution in [0.1, 0.15) is 15.9 Å². The quantitative estimate of drug-likeness (QED) is 0.340. The van der Waals surface area contributed by atoms with E-state index in [-0.39, 0.29) is 23.5 Å². The summed E-state index contributed by atoms with van der Waals surface area (Å²) in [6.07, 6.45) is 0. The van der Waals surface area contributed by atoms with E-state index in [0.717, 1.165) is 21.7 Å². The van der Waals surface area contributed by atoms with E-state index in [1.807, 2.05) is 29.6 Å². The lowest BCUT2D eigenvalue weighted by Crippen LogP contribution is -2.08. The SMILES string of the molecule is Nc1ccc([N+](=O)[O-])cc1C(=O)OCc1csc2ccccc12. The summed E-state index contributed by atoms with van der Waals surface area (Å²) >= 11 is 1.57. The average Bonchev–Trinajstić information content (AvgIpc) is 2.96. The number of anilines is 1. The van der Waals surface area contributed by atoms with E-state index in [1.54, 1.807) is 11.3 Å². The minimum atomic E-state index is -0.679. The van der Waals surface area contributed by atoms with E-state index < -0.39 is 10.9 Å². The zero-order valence-corrected chi connectivity index (χ0v) is 12.7. The molecule has 116 valence electrons. The second-order valence-corrected chi connectivity index (χ2v) is 5.77. The summed E-state index contributed by atoms with van der Waals surface area (Å²) in [5.41, 5.74) is 6.55. The van der Waals surface area contributed by atoms with Crippen LogP contribution in [0.15, 0.2) is 47.8 Å². The molecule has 6 nitrogen and oxygen atoms in total. The van der Waals surface area contributed by atoms with E-state index in [4.69, 9.17) is 10.5 Å². The molecule has 7 heteroatoms. The first kappa shape index (κ1) is 15.0. The van der Waals surface area contributed by atoms with Gasteiger partial charge in [0.2, 0.25) is 0 Å². The van der Waals surface area contributed by atoms with Crippen molar-refractivity contribution >= 4 is 38.8 Å². The van der Waals surface area contributed by atoms with Crippen LogP contribution in [-0.4, -0.2) is 10.9 Å². The number of esters is 1. The Morgan fingerprint density at radius 3 is 2.83 bits per heavy atom. The number of hydrogen-bond donors (Lipinski definition) is 1. The van der Waals surface area contributed by atoms with Gasteiger partial charge in [0.25, 0.3) is 5.69 Å². The zero-order chi connectivity index (χ0) is 16.4. The zero-order valence-electron chi connectivity index (χ0n) is 11.9. The van der Waals surface area contributed by atoms with Crippen molar-refractivity contribution in [3.05, 3.63) is 69.1 Å². The molecule has 3 rings (SSSR count). The molecule has 1 heterocycles. The summed E-state index contributed by atoms with van der Waals surface area (Å²) in [5.74, 6) is -0.679. The lowest BCUT2D eigenvalue weighted by Gasteiger charge is -2.06. The van der Waals surface area contributed by atoms with Crippen LogP contribution in [0.5, 0.6) is 0 Å². The van der Waals surface area contributed by atoms with Gasteiger partial charge in [-0.25, -0.2) is 4.79 Å². The molecule has 0 radical (unpaired) electrons. The molecule has 0 atom stereocenters. The summed E-state index contributed by atoms with van der Waals surface area (Å²) in [5, 5.41) is 13.7. The fraction of sp³-hybridized carbons (Fsp3) is 0.0625. The third-order valence-corrected chi connectivity index (χ3v) is 4.40. The topological polar surface area (TPSA) is 95.5 Å². The van der Waals surface area contributed by atoms with Crippen LogP contribution in [0.4, 0.5) is 11.4 Å². The number of ether oxygens (including phenoxy) is 1. The molecular formula is C16H12N2O4S. The van der Waals surface area contributed by atoms with Crippen molar-refractivity contribution in [1.82, 2.24) is 0 Å². The molecule has 0 bridgehead atoms. The number of carbonyl (C=O) groups excluding carboxylic acids is 1. The van der Waals surface area contributed by atoms with Crippen LogP contribution in [0.3, 0.4) is 0 Å². The van der Waals surface area contributed by atoms with Gasteiger partial charge in [0, 0.05) is 28.1 Å². The Hall–Kier alpha value is -2.93. The van der Waals surface area contributed by atoms with Gasteiger partial charge in [0.15, 0.2) is 0 Å². The minimum Gasteiger partial charge on any atom is -0.457 e. The lowest BCUT2D eigenvalue weighted by molar-refractivity contribution is -0.384. The highest BCUT2D eigenvalue weighted by Gasteiger charge is 2.17. The van der Waals surface area contributed by atoms with Gasteiger partial charge in [0.05, 0.1) is 10.5 Å². The van der Waals surface area contributed by atoms with Crippen molar-refractivity contribution in [2.24, 2.45) is 0 Å². The standard InChI is InChI=1S/C16H12N2O4S/c17-14-6-5-11(18(20)21)7-13(14)16(19)22-8-10-9-23-15-4-2-1-3-12(10)15/h1-7,9H,8,17H2. The number of rotatable bonds is 4. The van der Waals surface area contributed by atoms with Gasteiger partial charge < -0.3 is 10.5 Å². The first-order valence-electron chi connectivity index (χ1n) is 6.72. The van der Waals surface area contributed by atoms with Crippen LogP contribution in [-0.2, 0) is 11.3 Å². The van der Waals surface area contributed by atoms with Crippen LogP contribution >= 0.6 is 11.3 Å². The van der Waals surface area contributed by atoms with Gasteiger partial charge in [-0.15, -0.1) is 11.3 Å². The summed E-state index contributed by atoms with van der Waals surface area (Å²) in [6, 6.07) is 11.5. The second-order valence-electron chi connectivity index (χ2n) is 4.86. The molecule has 1 aromatic heterocycles. The molecule has 0 saturated heterocycles. The van der Waals surface area contributed by atoms with Crippen molar-refractivity contribution in [1.29, 1.82) is 0 Å². The molecular weight excluding hydrogens is 316 g/mol. The molecule has 0 aliphatic heterocycles. The van der Waals surface area contributed by atoms with Crippen molar-refractivity contribution < 1.29 is 14.5 Å². The average molecular weight is 328 g/mol. The molecule has 0 saturated carbocycles. The van der Waals surface area contributed by atoms with Crippen molar-refractivity contribution in [3.8, 4) is 0 Å². The monoisotopic (exact) mass is 328 g/mol. The lowest BCUT2D eigenvalue weighted by atomic mass is 10.1. The summed E-state index contributed by atoms with van der Waals surface area (Å²) in [6.45, 7) is 0.0883. The maximum absolute atomic E-state index is 12.2. The molecule has 3 aromatic rings. The summed E-state index contributed by atoms with van der Waals surface area (Å²) in [7, 11) is 0. The largest absolute Gasteiger partial charge is 0.457 e. The number of hydrogen-bond acceptors (Lipinski definition) is 6. The van der Waals surface area contributed by atoms with Gasteiger partial charge in [-0.05, 0) is 22.9 Å². The van der Waals surface area contributed by atoms with Gasteiger partial charge in [0.1, 0.15) is 6.61 Å². The van der Waals surface area contributed by atoms with Crippen LogP contribution in [0.25, 0.3) is 10.1 Å². The first-order valence-corrected chi connectivity index (χ1v) is 7.60. The molecule has 23 heavy (non-hydrogen) atoms. The number of nitrogens with two attached hydrogens (primary N) is 1. The van der Waals surface area contributed by atoms with Gasteiger partial charge in [-0.1, -0.05) is 18.2 Å². The third-order valence-electron chi connectivity index (χ3n) is 3.39. The van der Waals surface area contributed by atoms with Crippen molar-refractivity contribution in [3.63, 3.8) is 0 Å². The summed E-state index contributed by atoms with van der Waals surface area (Å²) < 4.78 is 6.37. The normalized spacial score (nSPS) is 10.6. The van der Waals surface area contributed by atoms with E-state index in [1.165, 1.54) is 12.1 Å². The Labute approximate surface area is 135 Å². The Morgan fingerprint density at radius 2 is 2.04 bits per heavy atom. The first-order chi connectivity index (χ1) is 11.1. The summed E-state index contributed by atoms with van der Waals surface area (Å²) in [4.78, 5) is 22.4. The smallest absolute Gasteiger partial charge is 0.340 e. The molecule has 0 aliphatic carbocycles. The highest BCUT2D eigenvalue weighted by atomic mass is 32.1. The number of nitro groups is 1. The van der Waals surface area contributed by atoms with E-state index in [9.17, 15) is 14.9 Å². The highest BCUT2D eigenvalue weighted by molar-refractivity contribution is 7.17. The van der Waals surface area contributed by atoms with Crippen molar-refractivity contribution in [2.45, 2.75) is 6.61 Å². The Balaban J connectivity index is 1.80. The number of thiophene rings is 1. The number of nitrogen functional groups attached to an aromatic ring is 1. The molecule has 0 fully saturated rings. The highest BCUT2D eigenvalue weighted by Crippen LogP contribution is 2.27. The molecule has 0 unspecified atom stereocenters. The van der Waals surface area contributed by atoms with Crippen LogP contribution in [0.2, 0.25) is 0 Å². The maximum Gasteiger partial charge on any atom is 0.340 e. The van der Waals surface area contributed by atoms with Gasteiger partial charge in [-0.3, -0.25) is 10.1 Å². The number of nitrogens with zero attached hydrogens (tertiary/aromatic N) is 1. The van der Waals surface area contributed by atoms with Gasteiger partial charge in [-0.2, -0.15) is 0 Å². The predicted octanol–water partition coefficient (Wildman–Crippen LogP) is 3.75.